The highest BCUT2D eigenvalue weighted by molar-refractivity contribution is 5.94. The molecule has 0 amide bonds. The van der Waals surface area contributed by atoms with Crippen molar-refractivity contribution in [2.75, 3.05) is 13.1 Å². The SMILES string of the molecule is CC(C)(C)OC(=O)n1c2c(c3ccccc31)CC[N@@+]1([O-])CCC(C(C)(C)C)=C[C@@H]21. The minimum absolute atomic E-state index is 0.00558. The van der Waals surface area contributed by atoms with E-state index in [1.165, 1.54) is 5.57 Å². The lowest BCUT2D eigenvalue weighted by Gasteiger charge is -2.53. The smallest absolute Gasteiger partial charge is 0.419 e. The van der Waals surface area contributed by atoms with Crippen LogP contribution in [0.5, 0.6) is 0 Å². The van der Waals surface area contributed by atoms with Crippen LogP contribution in [0.25, 0.3) is 10.9 Å². The summed E-state index contributed by atoms with van der Waals surface area (Å²) in [5.41, 5.74) is 3.46. The zero-order chi connectivity index (χ0) is 21.2. The van der Waals surface area contributed by atoms with Crippen LogP contribution < -0.4 is 0 Å². The Morgan fingerprint density at radius 2 is 1.76 bits per heavy atom. The molecule has 2 atom stereocenters. The lowest BCUT2D eigenvalue weighted by atomic mass is 9.79. The van der Waals surface area contributed by atoms with Gasteiger partial charge in [0.15, 0.2) is 0 Å². The van der Waals surface area contributed by atoms with Crippen molar-refractivity contribution in [1.29, 1.82) is 0 Å². The molecule has 2 aliphatic rings. The fourth-order valence-electron chi connectivity index (χ4n) is 4.74. The van der Waals surface area contributed by atoms with Gasteiger partial charge in [-0.2, -0.15) is 0 Å². The predicted molar refractivity (Wildman–Crippen MR) is 116 cm³/mol. The van der Waals surface area contributed by atoms with E-state index in [4.69, 9.17) is 4.74 Å². The highest BCUT2D eigenvalue weighted by atomic mass is 16.6. The molecule has 2 aromatic rings. The molecule has 0 bridgehead atoms. The molecule has 0 saturated carbocycles. The normalized spacial score (nSPS) is 24.7. The van der Waals surface area contributed by atoms with Gasteiger partial charge in [0.2, 0.25) is 0 Å². The van der Waals surface area contributed by atoms with Crippen LogP contribution in [0, 0.1) is 10.6 Å². The van der Waals surface area contributed by atoms with Crippen molar-refractivity contribution < 1.29 is 14.2 Å². The van der Waals surface area contributed by atoms with Crippen molar-refractivity contribution in [1.82, 2.24) is 4.57 Å². The Morgan fingerprint density at radius 3 is 2.41 bits per heavy atom. The Labute approximate surface area is 173 Å². The highest BCUT2D eigenvalue weighted by Gasteiger charge is 2.44. The van der Waals surface area contributed by atoms with E-state index in [9.17, 15) is 10.0 Å². The van der Waals surface area contributed by atoms with E-state index in [-0.39, 0.29) is 16.1 Å². The van der Waals surface area contributed by atoms with Gasteiger partial charge in [-0.05, 0) is 43.9 Å². The molecule has 2 aliphatic heterocycles. The number of rotatable bonds is 0. The van der Waals surface area contributed by atoms with Crippen molar-refractivity contribution in [3.63, 3.8) is 0 Å². The molecule has 0 N–H and O–H groups in total. The number of fused-ring (bicyclic) bond motifs is 5. The standard InChI is InChI=1S/C24H32N2O3/c1-23(2,3)16-11-13-26(28)14-12-18-17-9-7-8-10-19(17)25(21(18)20(26)15-16)22(27)29-24(4,5)6/h7-10,15,20H,11-14H2,1-6H3/t20-,26-/m0/s1. The lowest BCUT2D eigenvalue weighted by molar-refractivity contribution is -0.908. The molecule has 1 aromatic carbocycles. The average molecular weight is 397 g/mol. The molecule has 0 unspecified atom stereocenters. The maximum Gasteiger partial charge on any atom is 0.419 e. The second kappa shape index (κ2) is 6.44. The monoisotopic (exact) mass is 396 g/mol. The molecule has 4 rings (SSSR count). The van der Waals surface area contributed by atoms with Gasteiger partial charge in [-0.1, -0.05) is 44.5 Å². The Balaban J connectivity index is 1.97. The zero-order valence-corrected chi connectivity index (χ0v) is 18.4. The lowest BCUT2D eigenvalue weighted by Crippen LogP contribution is -2.52. The molecule has 29 heavy (non-hydrogen) atoms. The molecule has 0 fully saturated rings. The number of aromatic nitrogens is 1. The van der Waals surface area contributed by atoms with Crippen LogP contribution in [0.15, 0.2) is 35.9 Å². The maximum atomic E-state index is 13.8. The van der Waals surface area contributed by atoms with Crippen molar-refractivity contribution in [3.8, 4) is 0 Å². The number of hydrogen-bond donors (Lipinski definition) is 0. The van der Waals surface area contributed by atoms with Crippen molar-refractivity contribution in [2.24, 2.45) is 5.41 Å². The number of para-hydroxylation sites is 1. The average Bonchev–Trinajstić information content (AvgIpc) is 2.93. The number of hydrogen-bond acceptors (Lipinski definition) is 3. The van der Waals surface area contributed by atoms with Gasteiger partial charge in [0.25, 0.3) is 0 Å². The van der Waals surface area contributed by atoms with Crippen LogP contribution in [-0.4, -0.2) is 34.0 Å². The number of carbonyl (C=O) groups is 1. The summed E-state index contributed by atoms with van der Waals surface area (Å²) in [5.74, 6) is 0. The molecule has 1 aromatic heterocycles. The molecule has 0 radical (unpaired) electrons. The first kappa shape index (κ1) is 20.2. The van der Waals surface area contributed by atoms with Crippen molar-refractivity contribution in [2.45, 2.75) is 66.0 Å². The van der Waals surface area contributed by atoms with E-state index in [0.29, 0.717) is 19.5 Å². The summed E-state index contributed by atoms with van der Waals surface area (Å²) in [6.45, 7) is 13.3. The molecule has 0 spiro atoms. The summed E-state index contributed by atoms with van der Waals surface area (Å²) in [4.78, 5) is 13.3. The van der Waals surface area contributed by atoms with Crippen LogP contribution in [0.1, 0.15) is 65.3 Å². The first-order valence-corrected chi connectivity index (χ1v) is 10.6. The topological polar surface area (TPSA) is 54.3 Å². The van der Waals surface area contributed by atoms with Gasteiger partial charge in [0, 0.05) is 18.2 Å². The molecule has 5 heteroatoms. The molecule has 5 nitrogen and oxygen atoms in total. The third-order valence-electron chi connectivity index (χ3n) is 6.21. The van der Waals surface area contributed by atoms with E-state index in [1.54, 1.807) is 4.57 Å². The quantitative estimate of drug-likeness (QED) is 0.325. The largest absolute Gasteiger partial charge is 0.632 e. The van der Waals surface area contributed by atoms with E-state index < -0.39 is 11.7 Å². The molecule has 156 valence electrons. The summed E-state index contributed by atoms with van der Waals surface area (Å²) in [5, 5.41) is 14.9. The van der Waals surface area contributed by atoms with Crippen molar-refractivity contribution in [3.05, 3.63) is 52.4 Å². The van der Waals surface area contributed by atoms with Crippen LogP contribution in [0.3, 0.4) is 0 Å². The number of nitrogens with zero attached hydrogens (tertiary/aromatic N) is 2. The van der Waals surface area contributed by atoms with Gasteiger partial charge >= 0.3 is 6.09 Å². The predicted octanol–water partition coefficient (Wildman–Crippen LogP) is 5.71. The van der Waals surface area contributed by atoms with Crippen LogP contribution in [0.2, 0.25) is 0 Å². The summed E-state index contributed by atoms with van der Waals surface area (Å²) in [6, 6.07) is 7.56. The number of carbonyl (C=O) groups excluding carboxylic acids is 1. The van der Waals surface area contributed by atoms with Gasteiger partial charge in [-0.3, -0.25) is 0 Å². The molecule has 3 heterocycles. The Hall–Kier alpha value is -2.11. The minimum atomic E-state index is -0.605. The summed E-state index contributed by atoms with van der Waals surface area (Å²) < 4.78 is 7.14. The maximum absolute atomic E-state index is 13.8. The van der Waals surface area contributed by atoms with Gasteiger partial charge in [-0.25, -0.2) is 9.36 Å². The minimum Gasteiger partial charge on any atom is -0.632 e. The second-order valence-electron chi connectivity index (χ2n) is 10.5. The molecular formula is C24H32N2O3. The zero-order valence-electron chi connectivity index (χ0n) is 18.4. The van der Waals surface area contributed by atoms with Crippen LogP contribution >= 0.6 is 0 Å². The Bertz CT molecular complexity index is 1000. The van der Waals surface area contributed by atoms with E-state index in [2.05, 4.69) is 32.9 Å². The van der Waals surface area contributed by atoms with Crippen molar-refractivity contribution >= 4 is 17.0 Å². The van der Waals surface area contributed by atoms with Crippen LogP contribution in [0.4, 0.5) is 4.79 Å². The van der Waals surface area contributed by atoms with Gasteiger partial charge in [0.05, 0.1) is 24.3 Å². The van der Waals surface area contributed by atoms with Gasteiger partial charge in [-0.15, -0.1) is 0 Å². The highest BCUT2D eigenvalue weighted by Crippen LogP contribution is 2.47. The van der Waals surface area contributed by atoms with Gasteiger partial charge < -0.3 is 14.6 Å². The van der Waals surface area contributed by atoms with E-state index in [1.807, 2.05) is 39.0 Å². The fourth-order valence-corrected chi connectivity index (χ4v) is 4.74. The number of benzene rings is 1. The van der Waals surface area contributed by atoms with E-state index in [0.717, 1.165) is 28.6 Å². The Morgan fingerprint density at radius 1 is 1.10 bits per heavy atom. The van der Waals surface area contributed by atoms with Crippen LogP contribution in [-0.2, 0) is 11.2 Å². The molecule has 0 saturated heterocycles. The third kappa shape index (κ3) is 3.40. The van der Waals surface area contributed by atoms with Gasteiger partial charge in [0.1, 0.15) is 11.6 Å². The third-order valence-corrected chi connectivity index (χ3v) is 6.21. The first-order valence-electron chi connectivity index (χ1n) is 10.6. The molecule has 0 aliphatic carbocycles. The summed E-state index contributed by atoms with van der Waals surface area (Å²) >= 11 is 0. The number of hydroxylamine groups is 3. The second-order valence-corrected chi connectivity index (χ2v) is 10.5. The summed E-state index contributed by atoms with van der Waals surface area (Å²) in [6.07, 6.45) is 3.24. The Kier molecular flexibility index (Phi) is 4.48. The number of ether oxygens (including phenoxy) is 1. The first-order chi connectivity index (χ1) is 13.4. The number of quaternary nitrogens is 1. The molecular weight excluding hydrogens is 364 g/mol. The fraction of sp³-hybridized carbons (Fsp3) is 0.542. The van der Waals surface area contributed by atoms with E-state index >= 15 is 0 Å². The summed E-state index contributed by atoms with van der Waals surface area (Å²) in [7, 11) is 0.